The molecule has 0 amide bonds. The highest BCUT2D eigenvalue weighted by Gasteiger charge is 2.22. The van der Waals surface area contributed by atoms with Gasteiger partial charge in [0.25, 0.3) is 5.56 Å². The van der Waals surface area contributed by atoms with Crippen LogP contribution < -0.4 is 15.0 Å². The first-order valence-corrected chi connectivity index (χ1v) is 13.5. The summed E-state index contributed by atoms with van der Waals surface area (Å²) in [4.78, 5) is 18.4. The Morgan fingerprint density at radius 3 is 2.65 bits per heavy atom. The second-order valence-corrected chi connectivity index (χ2v) is 10.5. The van der Waals surface area contributed by atoms with E-state index in [1.165, 1.54) is 11.1 Å². The molecule has 5 rings (SSSR count). The molecule has 1 aliphatic carbocycles. The monoisotopic (exact) mass is 579 g/mol. The van der Waals surface area contributed by atoms with E-state index in [1.54, 1.807) is 31.5 Å². The summed E-state index contributed by atoms with van der Waals surface area (Å²) in [7, 11) is 1.57. The highest BCUT2D eigenvalue weighted by molar-refractivity contribution is 9.10. The molecule has 0 bridgehead atoms. The van der Waals surface area contributed by atoms with Crippen molar-refractivity contribution in [3.05, 3.63) is 97.5 Å². The number of ether oxygens (including phenoxy) is 2. The Morgan fingerprint density at radius 2 is 1.89 bits per heavy atom. The Morgan fingerprint density at radius 1 is 1.11 bits per heavy atom. The van der Waals surface area contributed by atoms with Gasteiger partial charge in [-0.05, 0) is 54.3 Å². The topological polar surface area (TPSA) is 65.7 Å². The maximum Gasteiger partial charge on any atom is 0.282 e. The van der Waals surface area contributed by atoms with Gasteiger partial charge in [0.05, 0.1) is 29.2 Å². The molecule has 8 heteroatoms. The van der Waals surface area contributed by atoms with Crippen LogP contribution in [0, 0.1) is 0 Å². The van der Waals surface area contributed by atoms with E-state index < -0.39 is 0 Å². The van der Waals surface area contributed by atoms with Gasteiger partial charge in [0.1, 0.15) is 12.4 Å². The summed E-state index contributed by atoms with van der Waals surface area (Å²) in [6.45, 7) is 0.364. The Bertz CT molecular complexity index is 1500. The molecule has 1 heterocycles. The number of rotatable bonds is 7. The van der Waals surface area contributed by atoms with E-state index in [-0.39, 0.29) is 11.5 Å². The SMILES string of the molecule is COc1cc(C=Nn2c(C3CCCCC3)nc3ccc(Br)cc3c2=O)cc(Cl)c1OCc1ccccc1. The fourth-order valence-electron chi connectivity index (χ4n) is 4.71. The van der Waals surface area contributed by atoms with Crippen LogP contribution in [0.25, 0.3) is 10.9 Å². The van der Waals surface area contributed by atoms with Crippen LogP contribution in [0.2, 0.25) is 5.02 Å². The molecule has 0 aliphatic heterocycles. The third-order valence-corrected chi connectivity index (χ3v) is 7.38. The van der Waals surface area contributed by atoms with E-state index in [1.807, 2.05) is 42.5 Å². The molecule has 0 atom stereocenters. The largest absolute Gasteiger partial charge is 0.493 e. The van der Waals surface area contributed by atoms with Crippen molar-refractivity contribution in [2.24, 2.45) is 5.10 Å². The molecular weight excluding hydrogens is 554 g/mol. The average molecular weight is 581 g/mol. The number of aromatic nitrogens is 2. The summed E-state index contributed by atoms with van der Waals surface area (Å²) in [6, 6.07) is 19.0. The van der Waals surface area contributed by atoms with Crippen molar-refractivity contribution in [1.82, 2.24) is 9.66 Å². The second-order valence-electron chi connectivity index (χ2n) is 9.14. The van der Waals surface area contributed by atoms with E-state index >= 15 is 0 Å². The maximum atomic E-state index is 13.5. The minimum Gasteiger partial charge on any atom is -0.493 e. The molecule has 37 heavy (non-hydrogen) atoms. The molecule has 0 N–H and O–H groups in total. The third-order valence-electron chi connectivity index (χ3n) is 6.60. The quantitative estimate of drug-likeness (QED) is 0.215. The van der Waals surface area contributed by atoms with Crippen LogP contribution >= 0.6 is 27.5 Å². The molecule has 190 valence electrons. The zero-order chi connectivity index (χ0) is 25.8. The van der Waals surface area contributed by atoms with Gasteiger partial charge in [0, 0.05) is 10.4 Å². The van der Waals surface area contributed by atoms with Gasteiger partial charge in [-0.2, -0.15) is 9.78 Å². The van der Waals surface area contributed by atoms with Crippen molar-refractivity contribution in [3.63, 3.8) is 0 Å². The van der Waals surface area contributed by atoms with Crippen LogP contribution in [0.1, 0.15) is 55.0 Å². The number of hydrogen-bond acceptors (Lipinski definition) is 5. The average Bonchev–Trinajstić information content (AvgIpc) is 2.93. The first-order valence-electron chi connectivity index (χ1n) is 12.3. The van der Waals surface area contributed by atoms with Crippen molar-refractivity contribution < 1.29 is 9.47 Å². The highest BCUT2D eigenvalue weighted by Crippen LogP contribution is 2.37. The van der Waals surface area contributed by atoms with E-state index in [0.717, 1.165) is 35.7 Å². The minimum atomic E-state index is -0.191. The Kier molecular flexibility index (Phi) is 7.91. The predicted octanol–water partition coefficient (Wildman–Crippen LogP) is 7.33. The van der Waals surface area contributed by atoms with E-state index in [2.05, 4.69) is 21.0 Å². The van der Waals surface area contributed by atoms with Crippen LogP contribution in [0.15, 0.2) is 75.0 Å². The molecule has 1 aromatic heterocycles. The lowest BCUT2D eigenvalue weighted by Gasteiger charge is -2.22. The summed E-state index contributed by atoms with van der Waals surface area (Å²) >= 11 is 10.1. The predicted molar refractivity (Wildman–Crippen MR) is 151 cm³/mol. The molecule has 0 radical (unpaired) electrons. The summed E-state index contributed by atoms with van der Waals surface area (Å²) in [6.07, 6.45) is 7.07. The van der Waals surface area contributed by atoms with Gasteiger partial charge >= 0.3 is 0 Å². The molecule has 4 aromatic rings. The molecule has 0 spiro atoms. The Labute approximate surface area is 229 Å². The van der Waals surface area contributed by atoms with Gasteiger partial charge in [-0.3, -0.25) is 4.79 Å². The summed E-state index contributed by atoms with van der Waals surface area (Å²) in [5.74, 6) is 1.85. The van der Waals surface area contributed by atoms with Crippen molar-refractivity contribution in [3.8, 4) is 11.5 Å². The van der Waals surface area contributed by atoms with Crippen LogP contribution in [-0.2, 0) is 6.61 Å². The maximum absolute atomic E-state index is 13.5. The molecular formula is C29H27BrClN3O3. The number of fused-ring (bicyclic) bond motifs is 1. The number of halogens is 2. The normalized spacial score (nSPS) is 14.4. The molecule has 1 saturated carbocycles. The zero-order valence-corrected chi connectivity index (χ0v) is 22.8. The molecule has 3 aromatic carbocycles. The van der Waals surface area contributed by atoms with Crippen LogP contribution in [0.5, 0.6) is 11.5 Å². The van der Waals surface area contributed by atoms with Crippen molar-refractivity contribution in [1.29, 1.82) is 0 Å². The fourth-order valence-corrected chi connectivity index (χ4v) is 5.35. The van der Waals surface area contributed by atoms with Gasteiger partial charge < -0.3 is 9.47 Å². The van der Waals surface area contributed by atoms with E-state index in [9.17, 15) is 4.79 Å². The van der Waals surface area contributed by atoms with Crippen LogP contribution in [0.3, 0.4) is 0 Å². The molecule has 1 fully saturated rings. The lowest BCUT2D eigenvalue weighted by molar-refractivity contribution is 0.284. The number of methoxy groups -OCH3 is 1. The first kappa shape index (κ1) is 25.5. The minimum absolute atomic E-state index is 0.191. The zero-order valence-electron chi connectivity index (χ0n) is 20.5. The van der Waals surface area contributed by atoms with E-state index in [0.29, 0.717) is 45.4 Å². The number of benzene rings is 3. The summed E-state index contributed by atoms with van der Waals surface area (Å²) in [5, 5.41) is 5.54. The van der Waals surface area contributed by atoms with Gasteiger partial charge in [0.2, 0.25) is 0 Å². The summed E-state index contributed by atoms with van der Waals surface area (Å²) in [5.41, 5.74) is 2.20. The van der Waals surface area contributed by atoms with Crippen molar-refractivity contribution >= 4 is 44.6 Å². The van der Waals surface area contributed by atoms with Crippen LogP contribution in [0.4, 0.5) is 0 Å². The fraction of sp³-hybridized carbons (Fsp3) is 0.276. The van der Waals surface area contributed by atoms with Gasteiger partial charge in [-0.15, -0.1) is 0 Å². The van der Waals surface area contributed by atoms with Gasteiger partial charge in [-0.1, -0.05) is 77.1 Å². The molecule has 0 unspecified atom stereocenters. The van der Waals surface area contributed by atoms with Gasteiger partial charge in [-0.25, -0.2) is 4.98 Å². The lowest BCUT2D eigenvalue weighted by Crippen LogP contribution is -2.25. The molecule has 0 saturated heterocycles. The molecule has 1 aliphatic rings. The Balaban J connectivity index is 1.51. The van der Waals surface area contributed by atoms with E-state index in [4.69, 9.17) is 26.1 Å². The smallest absolute Gasteiger partial charge is 0.282 e. The van der Waals surface area contributed by atoms with Crippen molar-refractivity contribution in [2.45, 2.75) is 44.6 Å². The third kappa shape index (κ3) is 5.73. The first-order chi connectivity index (χ1) is 18.0. The number of hydrogen-bond donors (Lipinski definition) is 0. The molecule has 6 nitrogen and oxygen atoms in total. The van der Waals surface area contributed by atoms with Crippen LogP contribution in [-0.4, -0.2) is 23.0 Å². The highest BCUT2D eigenvalue weighted by atomic mass is 79.9. The lowest BCUT2D eigenvalue weighted by atomic mass is 9.88. The number of nitrogens with zero attached hydrogens (tertiary/aromatic N) is 3. The van der Waals surface area contributed by atoms with Crippen molar-refractivity contribution in [2.75, 3.05) is 7.11 Å². The Hall–Kier alpha value is -3.16. The summed E-state index contributed by atoms with van der Waals surface area (Å²) < 4.78 is 13.8. The standard InChI is InChI=1S/C29H27BrClN3O3/c1-36-26-15-20(14-24(31)27(26)37-18-19-8-4-2-5-9-19)17-32-34-28(21-10-6-3-7-11-21)33-25-13-12-22(30)16-23(25)29(34)35/h2,4-5,8-9,12-17,21H,3,6-7,10-11,18H2,1H3. The second kappa shape index (κ2) is 11.5. The van der Waals surface area contributed by atoms with Gasteiger partial charge in [0.15, 0.2) is 11.5 Å².